The van der Waals surface area contributed by atoms with Gasteiger partial charge in [0.1, 0.15) is 5.75 Å². The number of phenolic OH excluding ortho intramolecular Hbond substituents is 1. The number of para-hydroxylation sites is 1. The van der Waals surface area contributed by atoms with E-state index in [9.17, 15) is 5.11 Å². The molecule has 0 fully saturated rings. The number of aromatic nitrogens is 2. The standard InChI is InChI=1S/C12H15N3O/c1-9(11-4-2-3-5-12(11)16)13-6-10-7-14-15-8-10/h2-5,7-9,13,16H,6H2,1H3,(H,14,15). The van der Waals surface area contributed by atoms with Crippen molar-refractivity contribution in [2.24, 2.45) is 0 Å². The lowest BCUT2D eigenvalue weighted by Crippen LogP contribution is -2.17. The topological polar surface area (TPSA) is 60.9 Å². The SMILES string of the molecule is CC(NCc1cn[nH]c1)c1ccccc1O. The van der Waals surface area contributed by atoms with Gasteiger partial charge in [0.05, 0.1) is 6.20 Å². The van der Waals surface area contributed by atoms with Gasteiger partial charge in [-0.05, 0) is 13.0 Å². The maximum Gasteiger partial charge on any atom is 0.120 e. The lowest BCUT2D eigenvalue weighted by molar-refractivity contribution is 0.452. The smallest absolute Gasteiger partial charge is 0.120 e. The molecule has 1 heterocycles. The quantitative estimate of drug-likeness (QED) is 0.733. The fraction of sp³-hybridized carbons (Fsp3) is 0.250. The number of aromatic hydroxyl groups is 1. The molecule has 0 aliphatic heterocycles. The summed E-state index contributed by atoms with van der Waals surface area (Å²) in [7, 11) is 0. The van der Waals surface area contributed by atoms with E-state index in [1.54, 1.807) is 12.3 Å². The van der Waals surface area contributed by atoms with Gasteiger partial charge in [-0.3, -0.25) is 5.10 Å². The Balaban J connectivity index is 1.98. The van der Waals surface area contributed by atoms with E-state index in [0.717, 1.165) is 17.7 Å². The Labute approximate surface area is 94.3 Å². The zero-order chi connectivity index (χ0) is 11.4. The highest BCUT2D eigenvalue weighted by molar-refractivity contribution is 5.34. The first-order valence-electron chi connectivity index (χ1n) is 5.26. The predicted octanol–water partition coefficient (Wildman–Crippen LogP) is 1.97. The number of hydrogen-bond acceptors (Lipinski definition) is 3. The fourth-order valence-electron chi connectivity index (χ4n) is 1.61. The van der Waals surface area contributed by atoms with Gasteiger partial charge in [0.25, 0.3) is 0 Å². The Bertz CT molecular complexity index is 439. The average Bonchev–Trinajstić information content (AvgIpc) is 2.79. The number of phenols is 1. The Morgan fingerprint density at radius 1 is 1.44 bits per heavy atom. The van der Waals surface area contributed by atoms with Crippen LogP contribution in [-0.4, -0.2) is 15.3 Å². The van der Waals surface area contributed by atoms with Crippen LogP contribution in [0.5, 0.6) is 5.75 Å². The zero-order valence-electron chi connectivity index (χ0n) is 9.14. The first-order chi connectivity index (χ1) is 7.77. The number of benzene rings is 1. The fourth-order valence-corrected chi connectivity index (χ4v) is 1.61. The van der Waals surface area contributed by atoms with E-state index in [1.165, 1.54) is 0 Å². The third kappa shape index (κ3) is 2.41. The van der Waals surface area contributed by atoms with Crippen LogP contribution in [0.4, 0.5) is 0 Å². The second-order valence-corrected chi connectivity index (χ2v) is 3.77. The first kappa shape index (κ1) is 10.7. The summed E-state index contributed by atoms with van der Waals surface area (Å²) in [5, 5.41) is 19.6. The monoisotopic (exact) mass is 217 g/mol. The third-order valence-electron chi connectivity index (χ3n) is 2.57. The normalized spacial score (nSPS) is 12.6. The molecule has 0 amide bonds. The maximum absolute atomic E-state index is 9.68. The van der Waals surface area contributed by atoms with Gasteiger partial charge >= 0.3 is 0 Å². The van der Waals surface area contributed by atoms with Crippen molar-refractivity contribution in [3.63, 3.8) is 0 Å². The van der Waals surface area contributed by atoms with Crippen molar-refractivity contribution in [1.29, 1.82) is 0 Å². The molecule has 1 unspecified atom stereocenters. The van der Waals surface area contributed by atoms with Crippen LogP contribution in [0.3, 0.4) is 0 Å². The predicted molar refractivity (Wildman–Crippen MR) is 61.9 cm³/mol. The molecule has 0 spiro atoms. The van der Waals surface area contributed by atoms with Crippen LogP contribution >= 0.6 is 0 Å². The molecule has 4 nitrogen and oxygen atoms in total. The molecule has 0 saturated heterocycles. The van der Waals surface area contributed by atoms with Gasteiger partial charge in [0.15, 0.2) is 0 Å². The Morgan fingerprint density at radius 3 is 2.94 bits per heavy atom. The highest BCUT2D eigenvalue weighted by atomic mass is 16.3. The summed E-state index contributed by atoms with van der Waals surface area (Å²) in [5.74, 6) is 0.328. The molecule has 16 heavy (non-hydrogen) atoms. The van der Waals surface area contributed by atoms with Crippen molar-refractivity contribution in [3.05, 3.63) is 47.8 Å². The van der Waals surface area contributed by atoms with Crippen molar-refractivity contribution in [2.45, 2.75) is 19.5 Å². The molecule has 0 bridgehead atoms. The van der Waals surface area contributed by atoms with E-state index in [2.05, 4.69) is 15.5 Å². The van der Waals surface area contributed by atoms with Gasteiger partial charge in [-0.2, -0.15) is 5.10 Å². The minimum atomic E-state index is 0.107. The van der Waals surface area contributed by atoms with E-state index in [1.807, 2.05) is 31.3 Å². The molecule has 1 atom stereocenters. The van der Waals surface area contributed by atoms with Gasteiger partial charge in [0.2, 0.25) is 0 Å². The van der Waals surface area contributed by atoms with E-state index >= 15 is 0 Å². The summed E-state index contributed by atoms with van der Waals surface area (Å²) >= 11 is 0. The van der Waals surface area contributed by atoms with E-state index in [-0.39, 0.29) is 6.04 Å². The lowest BCUT2D eigenvalue weighted by Gasteiger charge is -2.14. The Kier molecular flexibility index (Phi) is 3.22. The highest BCUT2D eigenvalue weighted by Crippen LogP contribution is 2.23. The van der Waals surface area contributed by atoms with Crippen LogP contribution in [0, 0.1) is 0 Å². The van der Waals surface area contributed by atoms with Crippen LogP contribution in [0.15, 0.2) is 36.7 Å². The molecule has 3 N–H and O–H groups in total. The summed E-state index contributed by atoms with van der Waals surface area (Å²) in [5.41, 5.74) is 2.01. The summed E-state index contributed by atoms with van der Waals surface area (Å²) in [4.78, 5) is 0. The molecule has 1 aromatic heterocycles. The summed E-state index contributed by atoms with van der Waals surface area (Å²) < 4.78 is 0. The minimum Gasteiger partial charge on any atom is -0.508 e. The van der Waals surface area contributed by atoms with Gasteiger partial charge in [-0.25, -0.2) is 0 Å². The third-order valence-corrected chi connectivity index (χ3v) is 2.57. The van der Waals surface area contributed by atoms with E-state index < -0.39 is 0 Å². The molecule has 1 aromatic carbocycles. The Morgan fingerprint density at radius 2 is 2.25 bits per heavy atom. The highest BCUT2D eigenvalue weighted by Gasteiger charge is 2.08. The molecule has 0 saturated carbocycles. The molecule has 84 valence electrons. The molecule has 0 aliphatic rings. The maximum atomic E-state index is 9.68. The van der Waals surface area contributed by atoms with E-state index in [0.29, 0.717) is 5.75 Å². The van der Waals surface area contributed by atoms with Crippen LogP contribution in [0.2, 0.25) is 0 Å². The summed E-state index contributed by atoms with van der Waals surface area (Å²) in [6, 6.07) is 7.47. The number of H-pyrrole nitrogens is 1. The van der Waals surface area contributed by atoms with Crippen molar-refractivity contribution in [1.82, 2.24) is 15.5 Å². The molecule has 0 aliphatic carbocycles. The molecule has 2 rings (SSSR count). The molecule has 0 radical (unpaired) electrons. The van der Waals surface area contributed by atoms with Gasteiger partial charge in [0, 0.05) is 29.9 Å². The van der Waals surface area contributed by atoms with Crippen molar-refractivity contribution >= 4 is 0 Å². The van der Waals surface area contributed by atoms with Gasteiger partial charge in [-0.1, -0.05) is 18.2 Å². The summed E-state index contributed by atoms with van der Waals surface area (Å²) in [6.07, 6.45) is 3.63. The lowest BCUT2D eigenvalue weighted by atomic mass is 10.1. The van der Waals surface area contributed by atoms with Gasteiger partial charge < -0.3 is 10.4 Å². The van der Waals surface area contributed by atoms with Crippen LogP contribution in [0.1, 0.15) is 24.1 Å². The van der Waals surface area contributed by atoms with Crippen LogP contribution in [-0.2, 0) is 6.54 Å². The van der Waals surface area contributed by atoms with Crippen molar-refractivity contribution in [2.75, 3.05) is 0 Å². The second kappa shape index (κ2) is 4.81. The zero-order valence-corrected chi connectivity index (χ0v) is 9.14. The number of hydrogen-bond donors (Lipinski definition) is 3. The van der Waals surface area contributed by atoms with Gasteiger partial charge in [-0.15, -0.1) is 0 Å². The molecule has 4 heteroatoms. The van der Waals surface area contributed by atoms with Crippen LogP contribution in [0.25, 0.3) is 0 Å². The summed E-state index contributed by atoms with van der Waals surface area (Å²) in [6.45, 7) is 2.75. The van der Waals surface area contributed by atoms with Crippen LogP contribution < -0.4 is 5.32 Å². The largest absolute Gasteiger partial charge is 0.508 e. The second-order valence-electron chi connectivity index (χ2n) is 3.77. The molecular weight excluding hydrogens is 202 g/mol. The van der Waals surface area contributed by atoms with Crippen molar-refractivity contribution in [3.8, 4) is 5.75 Å². The van der Waals surface area contributed by atoms with E-state index in [4.69, 9.17) is 0 Å². The number of nitrogens with one attached hydrogen (secondary N) is 2. The van der Waals surface area contributed by atoms with Crippen molar-refractivity contribution < 1.29 is 5.11 Å². The molecular formula is C12H15N3O. The average molecular weight is 217 g/mol. The number of rotatable bonds is 4. The number of nitrogens with zero attached hydrogens (tertiary/aromatic N) is 1. The Hall–Kier alpha value is -1.81. The number of aromatic amines is 1. The minimum absolute atomic E-state index is 0.107. The first-order valence-corrected chi connectivity index (χ1v) is 5.26. The molecule has 2 aromatic rings.